The summed E-state index contributed by atoms with van der Waals surface area (Å²) >= 11 is 1.24. The molecule has 7 heteroatoms. The smallest absolute Gasteiger partial charge is 0.216 e. The molecule has 0 unspecified atom stereocenters. The minimum Gasteiger partial charge on any atom is -0.368 e. The average molecular weight is 249 g/mol. The molecule has 1 aromatic carbocycles. The molecule has 0 aliphatic carbocycles. The van der Waals surface area contributed by atoms with Gasteiger partial charge in [-0.05, 0) is 11.6 Å². The van der Waals surface area contributed by atoms with Crippen LogP contribution < -0.4 is 5.73 Å². The minimum absolute atomic E-state index is 0.0394. The summed E-state index contributed by atoms with van der Waals surface area (Å²) in [6.45, 7) is 0. The molecule has 1 heterocycles. The molecule has 0 saturated heterocycles. The van der Waals surface area contributed by atoms with Crippen molar-refractivity contribution < 1.29 is 4.39 Å². The van der Waals surface area contributed by atoms with Crippen LogP contribution in [0, 0.1) is 17.1 Å². The summed E-state index contributed by atoms with van der Waals surface area (Å²) in [5.74, 6) is 0.0725. The number of nitrogen functional groups attached to an aromatic ring is 1. The second-order valence-corrected chi connectivity index (χ2v) is 4.12. The highest BCUT2D eigenvalue weighted by Gasteiger charge is 2.09. The van der Waals surface area contributed by atoms with E-state index in [2.05, 4.69) is 15.2 Å². The maximum atomic E-state index is 13.7. The van der Waals surface area contributed by atoms with Gasteiger partial charge in [-0.15, -0.1) is 5.10 Å². The summed E-state index contributed by atoms with van der Waals surface area (Å²) in [7, 11) is 0. The number of nitriles is 1. The third kappa shape index (κ3) is 2.54. The first-order valence-electron chi connectivity index (χ1n) is 4.69. The van der Waals surface area contributed by atoms with Crippen LogP contribution in [0.15, 0.2) is 23.4 Å². The first kappa shape index (κ1) is 11.4. The van der Waals surface area contributed by atoms with Crippen molar-refractivity contribution >= 4 is 17.7 Å². The highest BCUT2D eigenvalue weighted by molar-refractivity contribution is 7.98. The zero-order chi connectivity index (χ0) is 12.3. The van der Waals surface area contributed by atoms with Gasteiger partial charge in [-0.2, -0.15) is 10.2 Å². The van der Waals surface area contributed by atoms with E-state index in [-0.39, 0.29) is 11.5 Å². The summed E-state index contributed by atoms with van der Waals surface area (Å²) in [5.41, 5.74) is 5.84. The molecule has 0 radical (unpaired) electrons. The molecule has 2 aromatic rings. The van der Waals surface area contributed by atoms with Gasteiger partial charge in [0.05, 0.1) is 5.56 Å². The van der Waals surface area contributed by atoms with E-state index >= 15 is 0 Å². The Balaban J connectivity index is 2.12. The van der Waals surface area contributed by atoms with Crippen LogP contribution >= 0.6 is 11.8 Å². The third-order valence-corrected chi connectivity index (χ3v) is 2.93. The third-order valence-electron chi connectivity index (χ3n) is 2.04. The second kappa shape index (κ2) is 4.84. The van der Waals surface area contributed by atoms with E-state index in [0.717, 1.165) is 0 Å². The van der Waals surface area contributed by atoms with Gasteiger partial charge in [-0.25, -0.2) is 9.49 Å². The van der Waals surface area contributed by atoms with E-state index in [1.54, 1.807) is 18.2 Å². The molecule has 17 heavy (non-hydrogen) atoms. The molecule has 0 atom stereocenters. The molecule has 0 spiro atoms. The Bertz CT molecular complexity index is 574. The van der Waals surface area contributed by atoms with Gasteiger partial charge in [0.15, 0.2) is 0 Å². The molecular weight excluding hydrogens is 241 g/mol. The van der Waals surface area contributed by atoms with Crippen molar-refractivity contribution in [3.8, 4) is 6.07 Å². The first-order chi connectivity index (χ1) is 8.20. The summed E-state index contributed by atoms with van der Waals surface area (Å²) in [6, 6.07) is 6.50. The number of hydrogen-bond donors (Lipinski definition) is 2. The lowest BCUT2D eigenvalue weighted by Gasteiger charge is -2.01. The zero-order valence-corrected chi connectivity index (χ0v) is 9.46. The van der Waals surface area contributed by atoms with Crippen molar-refractivity contribution in [2.75, 3.05) is 5.73 Å². The van der Waals surface area contributed by atoms with Crippen LogP contribution in [0.5, 0.6) is 0 Å². The van der Waals surface area contributed by atoms with E-state index in [0.29, 0.717) is 16.5 Å². The fraction of sp³-hybridized carbons (Fsp3) is 0.100. The van der Waals surface area contributed by atoms with Crippen molar-refractivity contribution in [3.05, 3.63) is 35.1 Å². The van der Waals surface area contributed by atoms with Gasteiger partial charge in [0.2, 0.25) is 11.1 Å². The number of rotatable bonds is 3. The number of halogens is 1. The molecule has 3 N–H and O–H groups in total. The number of thioether (sulfide) groups is 1. The van der Waals surface area contributed by atoms with Gasteiger partial charge in [0, 0.05) is 5.75 Å². The van der Waals surface area contributed by atoms with Crippen LogP contribution in [-0.4, -0.2) is 15.2 Å². The summed E-state index contributed by atoms with van der Waals surface area (Å²) < 4.78 is 13.7. The highest BCUT2D eigenvalue weighted by atomic mass is 32.2. The Morgan fingerprint density at radius 2 is 2.35 bits per heavy atom. The molecule has 86 valence electrons. The number of hydrogen-bond acceptors (Lipinski definition) is 5. The lowest BCUT2D eigenvalue weighted by molar-refractivity contribution is 0.613. The number of H-pyrrole nitrogens is 1. The van der Waals surface area contributed by atoms with Crippen LogP contribution in [0.2, 0.25) is 0 Å². The van der Waals surface area contributed by atoms with Gasteiger partial charge in [0.25, 0.3) is 0 Å². The van der Waals surface area contributed by atoms with Crippen LogP contribution in [0.3, 0.4) is 0 Å². The Morgan fingerprint density at radius 1 is 1.53 bits per heavy atom. The zero-order valence-electron chi connectivity index (χ0n) is 8.64. The number of nitrogens with two attached hydrogens (primary N) is 1. The molecule has 0 amide bonds. The normalized spacial score (nSPS) is 10.1. The molecule has 2 rings (SSSR count). The van der Waals surface area contributed by atoms with Crippen molar-refractivity contribution in [2.45, 2.75) is 10.9 Å². The summed E-state index contributed by atoms with van der Waals surface area (Å²) in [5, 5.41) is 15.4. The van der Waals surface area contributed by atoms with Crippen molar-refractivity contribution in [3.63, 3.8) is 0 Å². The monoisotopic (exact) mass is 249 g/mol. The Morgan fingerprint density at radius 3 is 3.00 bits per heavy atom. The molecule has 0 aliphatic rings. The Kier molecular flexibility index (Phi) is 3.25. The maximum Gasteiger partial charge on any atom is 0.216 e. The van der Waals surface area contributed by atoms with Crippen LogP contribution in [0.4, 0.5) is 10.3 Å². The molecule has 5 nitrogen and oxygen atoms in total. The highest BCUT2D eigenvalue weighted by Crippen LogP contribution is 2.22. The SMILES string of the molecule is N#Cc1cccc(CSc2n[nH]c(N)n2)c1F. The van der Waals surface area contributed by atoms with E-state index in [4.69, 9.17) is 11.0 Å². The molecule has 0 fully saturated rings. The standard InChI is InChI=1S/C10H8FN5S/c11-8-6(4-12)2-1-3-7(8)5-17-10-14-9(13)15-16-10/h1-3H,5H2,(H3,13,14,15,16). The van der Waals surface area contributed by atoms with E-state index in [9.17, 15) is 4.39 Å². The number of benzene rings is 1. The van der Waals surface area contributed by atoms with E-state index < -0.39 is 5.82 Å². The molecule has 0 saturated carbocycles. The first-order valence-corrected chi connectivity index (χ1v) is 5.67. The quantitative estimate of drug-likeness (QED) is 0.808. The summed E-state index contributed by atoms with van der Waals surface area (Å²) in [6.07, 6.45) is 0. The molecular formula is C10H8FN5S. The van der Waals surface area contributed by atoms with Crippen molar-refractivity contribution in [1.29, 1.82) is 5.26 Å². The van der Waals surface area contributed by atoms with E-state index in [1.165, 1.54) is 17.8 Å². The largest absolute Gasteiger partial charge is 0.368 e. The predicted molar refractivity (Wildman–Crippen MR) is 61.5 cm³/mol. The molecule has 0 aliphatic heterocycles. The number of anilines is 1. The second-order valence-electron chi connectivity index (χ2n) is 3.18. The van der Waals surface area contributed by atoms with Crippen molar-refractivity contribution in [2.24, 2.45) is 0 Å². The number of aromatic amines is 1. The summed E-state index contributed by atoms with van der Waals surface area (Å²) in [4.78, 5) is 3.88. The number of nitrogens with one attached hydrogen (secondary N) is 1. The van der Waals surface area contributed by atoms with Gasteiger partial charge in [0.1, 0.15) is 11.9 Å². The fourth-order valence-electron chi connectivity index (χ4n) is 1.24. The Labute approximate surface area is 101 Å². The van der Waals surface area contributed by atoms with Gasteiger partial charge in [-0.1, -0.05) is 23.9 Å². The minimum atomic E-state index is -0.494. The van der Waals surface area contributed by atoms with Crippen LogP contribution in [0.1, 0.15) is 11.1 Å². The van der Waals surface area contributed by atoms with Gasteiger partial charge < -0.3 is 5.73 Å². The number of aromatic nitrogens is 3. The Hall–Kier alpha value is -2.07. The number of nitrogens with zero attached hydrogens (tertiary/aromatic N) is 3. The van der Waals surface area contributed by atoms with Gasteiger partial charge >= 0.3 is 0 Å². The molecule has 0 bridgehead atoms. The average Bonchev–Trinajstić information content (AvgIpc) is 2.74. The molecule has 1 aromatic heterocycles. The van der Waals surface area contributed by atoms with Crippen LogP contribution in [-0.2, 0) is 5.75 Å². The van der Waals surface area contributed by atoms with Crippen LogP contribution in [0.25, 0.3) is 0 Å². The topological polar surface area (TPSA) is 91.4 Å². The maximum absolute atomic E-state index is 13.7. The predicted octanol–water partition coefficient (Wildman–Crippen LogP) is 1.69. The van der Waals surface area contributed by atoms with Crippen molar-refractivity contribution in [1.82, 2.24) is 15.2 Å². The lowest BCUT2D eigenvalue weighted by Crippen LogP contribution is -1.92. The fourth-order valence-corrected chi connectivity index (χ4v) is 2.02. The van der Waals surface area contributed by atoms with E-state index in [1.807, 2.05) is 0 Å². The lowest BCUT2D eigenvalue weighted by atomic mass is 10.1. The van der Waals surface area contributed by atoms with Gasteiger partial charge in [-0.3, -0.25) is 0 Å².